The lowest BCUT2D eigenvalue weighted by Gasteiger charge is -2.00. The van der Waals surface area contributed by atoms with Crippen LogP contribution in [0.25, 0.3) is 10.6 Å². The van der Waals surface area contributed by atoms with Crippen LogP contribution in [0.3, 0.4) is 0 Å². The van der Waals surface area contributed by atoms with Crippen LogP contribution in [0.1, 0.15) is 24.3 Å². The van der Waals surface area contributed by atoms with Gasteiger partial charge in [0, 0.05) is 22.5 Å². The summed E-state index contributed by atoms with van der Waals surface area (Å²) in [6, 6.07) is 6.63. The molecular weight excluding hydrogens is 358 g/mol. The summed E-state index contributed by atoms with van der Waals surface area (Å²) in [4.78, 5) is 0. The lowest BCUT2D eigenvalue weighted by atomic mass is 10.2. The normalized spacial score (nSPS) is 14.7. The van der Waals surface area contributed by atoms with Crippen molar-refractivity contribution in [2.75, 3.05) is 6.54 Å². The minimum atomic E-state index is 0.713. The van der Waals surface area contributed by atoms with Crippen LogP contribution >= 0.6 is 38.9 Å². The van der Waals surface area contributed by atoms with Crippen LogP contribution in [0, 0.1) is 0 Å². The molecule has 3 rings (SSSR count). The van der Waals surface area contributed by atoms with Gasteiger partial charge < -0.3 is 5.32 Å². The molecule has 0 bridgehead atoms. The Balaban J connectivity index is 1.58. The van der Waals surface area contributed by atoms with Crippen molar-refractivity contribution in [3.63, 3.8) is 0 Å². The fourth-order valence-corrected chi connectivity index (χ4v) is 3.31. The summed E-state index contributed by atoms with van der Waals surface area (Å²) in [6.45, 7) is 1.08. The standard InChI is InChI=1S/C14H15BrClN3S/c15-11-8-9(3-6-12(11)16)14-19-18-13(20-14)2-1-7-17-10-4-5-10/h3,6,8,10,17H,1-2,4-5,7H2. The molecule has 0 spiro atoms. The van der Waals surface area contributed by atoms with Crippen LogP contribution in [0.15, 0.2) is 22.7 Å². The van der Waals surface area contributed by atoms with Crippen LogP contribution < -0.4 is 5.32 Å². The Morgan fingerprint density at radius 1 is 1.35 bits per heavy atom. The number of hydrogen-bond donors (Lipinski definition) is 1. The zero-order chi connectivity index (χ0) is 13.9. The zero-order valence-corrected chi connectivity index (χ0v) is 14.1. The van der Waals surface area contributed by atoms with E-state index in [4.69, 9.17) is 11.6 Å². The van der Waals surface area contributed by atoms with Gasteiger partial charge in [-0.3, -0.25) is 0 Å². The molecule has 0 unspecified atom stereocenters. The minimum absolute atomic E-state index is 0.713. The second-order valence-corrected chi connectivity index (χ2v) is 7.29. The van der Waals surface area contributed by atoms with Crippen LogP contribution in [0.4, 0.5) is 0 Å². The average molecular weight is 373 g/mol. The molecule has 1 fully saturated rings. The molecule has 1 saturated carbocycles. The van der Waals surface area contributed by atoms with E-state index in [2.05, 4.69) is 31.4 Å². The lowest BCUT2D eigenvalue weighted by Crippen LogP contribution is -2.17. The quantitative estimate of drug-likeness (QED) is 0.768. The predicted molar refractivity (Wildman–Crippen MR) is 87.4 cm³/mol. The minimum Gasteiger partial charge on any atom is -0.314 e. The number of hydrogen-bond acceptors (Lipinski definition) is 4. The molecule has 0 saturated heterocycles. The molecule has 106 valence electrons. The molecule has 1 heterocycles. The molecule has 1 aromatic carbocycles. The summed E-state index contributed by atoms with van der Waals surface area (Å²) in [7, 11) is 0. The first-order chi connectivity index (χ1) is 9.72. The molecule has 20 heavy (non-hydrogen) atoms. The van der Waals surface area contributed by atoms with Gasteiger partial charge in [-0.2, -0.15) is 0 Å². The van der Waals surface area contributed by atoms with Gasteiger partial charge in [0.25, 0.3) is 0 Å². The van der Waals surface area contributed by atoms with E-state index in [9.17, 15) is 0 Å². The second kappa shape index (κ2) is 6.52. The van der Waals surface area contributed by atoms with Crippen LogP contribution in [-0.2, 0) is 6.42 Å². The number of benzene rings is 1. The SMILES string of the molecule is Clc1ccc(-c2nnc(CCCNC3CC3)s2)cc1Br. The number of aromatic nitrogens is 2. The number of halogens is 2. The fraction of sp³-hybridized carbons (Fsp3) is 0.429. The molecule has 0 radical (unpaired) electrons. The summed E-state index contributed by atoms with van der Waals surface area (Å²) < 4.78 is 0.891. The Bertz CT molecular complexity index is 598. The molecule has 1 aliphatic rings. The fourth-order valence-electron chi connectivity index (χ4n) is 1.93. The third kappa shape index (κ3) is 3.79. The highest BCUT2D eigenvalue weighted by Gasteiger charge is 2.19. The first-order valence-corrected chi connectivity index (χ1v) is 8.72. The van der Waals surface area contributed by atoms with Gasteiger partial charge in [0.15, 0.2) is 0 Å². The Labute approximate surface area is 135 Å². The van der Waals surface area contributed by atoms with Crippen molar-refractivity contribution in [2.45, 2.75) is 31.7 Å². The highest BCUT2D eigenvalue weighted by atomic mass is 79.9. The number of rotatable bonds is 6. The Hall–Kier alpha value is -0.490. The van der Waals surface area contributed by atoms with Gasteiger partial charge in [-0.15, -0.1) is 10.2 Å². The predicted octanol–water partition coefficient (Wildman–Crippen LogP) is 4.31. The Morgan fingerprint density at radius 2 is 2.20 bits per heavy atom. The molecule has 1 aromatic heterocycles. The van der Waals surface area contributed by atoms with Crippen molar-refractivity contribution in [3.05, 3.63) is 32.7 Å². The summed E-state index contributed by atoms with van der Waals surface area (Å²) in [5.41, 5.74) is 1.06. The van der Waals surface area contributed by atoms with E-state index in [1.807, 2.05) is 18.2 Å². The molecule has 1 aliphatic carbocycles. The van der Waals surface area contributed by atoms with Gasteiger partial charge in [0.05, 0.1) is 5.02 Å². The maximum absolute atomic E-state index is 6.00. The largest absolute Gasteiger partial charge is 0.314 e. The van der Waals surface area contributed by atoms with Crippen molar-refractivity contribution in [1.29, 1.82) is 0 Å². The second-order valence-electron chi connectivity index (χ2n) is 4.96. The van der Waals surface area contributed by atoms with Gasteiger partial charge >= 0.3 is 0 Å². The van der Waals surface area contributed by atoms with Crippen molar-refractivity contribution in [3.8, 4) is 10.6 Å². The van der Waals surface area contributed by atoms with E-state index in [1.165, 1.54) is 12.8 Å². The summed E-state index contributed by atoms with van der Waals surface area (Å²) in [5, 5.41) is 14.8. The molecule has 0 aliphatic heterocycles. The zero-order valence-electron chi connectivity index (χ0n) is 10.9. The third-order valence-electron chi connectivity index (χ3n) is 3.21. The van der Waals surface area contributed by atoms with Gasteiger partial charge in [-0.1, -0.05) is 29.0 Å². The molecule has 0 atom stereocenters. The number of aryl methyl sites for hydroxylation is 1. The van der Waals surface area contributed by atoms with Crippen molar-refractivity contribution >= 4 is 38.9 Å². The summed E-state index contributed by atoms with van der Waals surface area (Å²) in [5.74, 6) is 0. The average Bonchev–Trinajstić information content (AvgIpc) is 3.15. The topological polar surface area (TPSA) is 37.8 Å². The van der Waals surface area contributed by atoms with Crippen molar-refractivity contribution in [2.24, 2.45) is 0 Å². The van der Waals surface area contributed by atoms with E-state index in [0.717, 1.165) is 45.5 Å². The monoisotopic (exact) mass is 371 g/mol. The molecule has 6 heteroatoms. The molecular formula is C14H15BrClN3S. The molecule has 3 nitrogen and oxygen atoms in total. The Kier molecular flexibility index (Phi) is 4.71. The Morgan fingerprint density at radius 3 is 2.95 bits per heavy atom. The first-order valence-electron chi connectivity index (χ1n) is 6.73. The molecule has 1 N–H and O–H groups in total. The number of nitrogens with one attached hydrogen (secondary N) is 1. The van der Waals surface area contributed by atoms with Gasteiger partial charge in [0.2, 0.25) is 0 Å². The van der Waals surface area contributed by atoms with Crippen molar-refractivity contribution in [1.82, 2.24) is 15.5 Å². The van der Waals surface area contributed by atoms with Gasteiger partial charge in [-0.05, 0) is 53.9 Å². The summed E-state index contributed by atoms with van der Waals surface area (Å²) >= 11 is 11.1. The smallest absolute Gasteiger partial charge is 0.147 e. The highest BCUT2D eigenvalue weighted by molar-refractivity contribution is 9.10. The van der Waals surface area contributed by atoms with E-state index in [1.54, 1.807) is 11.3 Å². The highest BCUT2D eigenvalue weighted by Crippen LogP contribution is 2.30. The van der Waals surface area contributed by atoms with E-state index in [-0.39, 0.29) is 0 Å². The van der Waals surface area contributed by atoms with E-state index >= 15 is 0 Å². The van der Waals surface area contributed by atoms with Crippen LogP contribution in [-0.4, -0.2) is 22.8 Å². The third-order valence-corrected chi connectivity index (χ3v) is 5.46. The van der Waals surface area contributed by atoms with E-state index in [0.29, 0.717) is 5.02 Å². The molecule has 2 aromatic rings. The van der Waals surface area contributed by atoms with Crippen LogP contribution in [0.2, 0.25) is 5.02 Å². The maximum atomic E-state index is 6.00. The first kappa shape index (κ1) is 14.4. The van der Waals surface area contributed by atoms with Crippen molar-refractivity contribution < 1.29 is 0 Å². The van der Waals surface area contributed by atoms with E-state index < -0.39 is 0 Å². The number of nitrogens with zero attached hydrogens (tertiary/aromatic N) is 2. The molecule has 0 amide bonds. The van der Waals surface area contributed by atoms with Crippen LogP contribution in [0.5, 0.6) is 0 Å². The maximum Gasteiger partial charge on any atom is 0.147 e. The van der Waals surface area contributed by atoms with Gasteiger partial charge in [-0.25, -0.2) is 0 Å². The lowest BCUT2D eigenvalue weighted by molar-refractivity contribution is 0.643. The summed E-state index contributed by atoms with van der Waals surface area (Å²) in [6.07, 6.45) is 4.80. The van der Waals surface area contributed by atoms with Gasteiger partial charge in [0.1, 0.15) is 10.0 Å².